The molecule has 94 valence electrons. The molecule has 0 amide bonds. The van der Waals surface area contributed by atoms with Gasteiger partial charge in [0.15, 0.2) is 0 Å². The molecule has 0 saturated heterocycles. The van der Waals surface area contributed by atoms with Crippen molar-refractivity contribution in [3.8, 4) is 0 Å². The van der Waals surface area contributed by atoms with Crippen LogP contribution in [0.2, 0.25) is 0 Å². The van der Waals surface area contributed by atoms with Gasteiger partial charge < -0.3 is 5.11 Å². The van der Waals surface area contributed by atoms with Gasteiger partial charge >= 0.3 is 0 Å². The van der Waals surface area contributed by atoms with Crippen LogP contribution in [0.25, 0.3) is 0 Å². The predicted octanol–water partition coefficient (Wildman–Crippen LogP) is 3.95. The topological polar surface area (TPSA) is 20.2 Å². The lowest BCUT2D eigenvalue weighted by atomic mass is 9.75. The molecule has 1 atom stereocenters. The smallest absolute Gasteiger partial charge is 0.0651 e. The summed E-state index contributed by atoms with van der Waals surface area (Å²) in [4.78, 5) is 0. The highest BCUT2D eigenvalue weighted by atomic mass is 16.3. The zero-order valence-corrected chi connectivity index (χ0v) is 10.9. The van der Waals surface area contributed by atoms with E-state index in [4.69, 9.17) is 0 Å². The summed E-state index contributed by atoms with van der Waals surface area (Å²) in [6.07, 6.45) is 8.25. The number of aliphatic hydroxyl groups is 1. The van der Waals surface area contributed by atoms with Crippen molar-refractivity contribution in [1.29, 1.82) is 0 Å². The molecule has 0 spiro atoms. The zero-order chi connectivity index (χ0) is 12.1. The molecule has 1 aliphatic rings. The fraction of sp³-hybridized carbons (Fsp3) is 0.625. The Balaban J connectivity index is 1.88. The Morgan fingerprint density at radius 3 is 2.41 bits per heavy atom. The maximum Gasteiger partial charge on any atom is 0.0651 e. The van der Waals surface area contributed by atoms with Gasteiger partial charge in [0.25, 0.3) is 0 Å². The van der Waals surface area contributed by atoms with Crippen molar-refractivity contribution < 1.29 is 5.11 Å². The lowest BCUT2D eigenvalue weighted by Gasteiger charge is -2.35. The number of hydrogen-bond acceptors (Lipinski definition) is 1. The third-order valence-corrected chi connectivity index (χ3v) is 4.25. The van der Waals surface area contributed by atoms with Crippen molar-refractivity contribution in [3.05, 3.63) is 35.9 Å². The lowest BCUT2D eigenvalue weighted by Crippen LogP contribution is -2.36. The first-order valence-electron chi connectivity index (χ1n) is 6.95. The Labute approximate surface area is 105 Å². The minimum Gasteiger partial charge on any atom is -0.390 e. The van der Waals surface area contributed by atoms with Gasteiger partial charge in [-0.3, -0.25) is 0 Å². The van der Waals surface area contributed by atoms with Crippen LogP contribution in [-0.4, -0.2) is 10.7 Å². The summed E-state index contributed by atoms with van der Waals surface area (Å²) >= 11 is 0. The minimum absolute atomic E-state index is 0.476. The van der Waals surface area contributed by atoms with Crippen molar-refractivity contribution in [2.45, 2.75) is 57.5 Å². The van der Waals surface area contributed by atoms with Crippen molar-refractivity contribution in [2.75, 3.05) is 0 Å². The van der Waals surface area contributed by atoms with Crippen LogP contribution in [0.3, 0.4) is 0 Å². The molecule has 1 N–H and O–H groups in total. The Kier molecular flexibility index (Phi) is 4.22. The monoisotopic (exact) mass is 232 g/mol. The van der Waals surface area contributed by atoms with Gasteiger partial charge in [-0.05, 0) is 44.1 Å². The van der Waals surface area contributed by atoms with Crippen LogP contribution in [0.4, 0.5) is 0 Å². The molecule has 0 aromatic heterocycles. The van der Waals surface area contributed by atoms with E-state index in [1.807, 2.05) is 13.0 Å². The first-order chi connectivity index (χ1) is 8.18. The van der Waals surface area contributed by atoms with Crippen molar-refractivity contribution in [2.24, 2.45) is 5.92 Å². The number of rotatable bonds is 4. The largest absolute Gasteiger partial charge is 0.390 e. The van der Waals surface area contributed by atoms with Gasteiger partial charge in [-0.15, -0.1) is 0 Å². The van der Waals surface area contributed by atoms with E-state index in [-0.39, 0.29) is 0 Å². The van der Waals surface area contributed by atoms with Gasteiger partial charge in [0.1, 0.15) is 0 Å². The predicted molar refractivity (Wildman–Crippen MR) is 72.0 cm³/mol. The highest BCUT2D eigenvalue weighted by Gasteiger charge is 2.32. The SMILES string of the molecule is CC(O)(CCc1ccccc1)C1CCCCC1. The third kappa shape index (κ3) is 3.57. The van der Waals surface area contributed by atoms with E-state index in [0.29, 0.717) is 5.92 Å². The van der Waals surface area contributed by atoms with Gasteiger partial charge in [-0.25, -0.2) is 0 Å². The first-order valence-corrected chi connectivity index (χ1v) is 6.95. The molecule has 1 aromatic rings. The van der Waals surface area contributed by atoms with Gasteiger partial charge in [0.05, 0.1) is 5.60 Å². The molecule has 1 fully saturated rings. The van der Waals surface area contributed by atoms with E-state index in [2.05, 4.69) is 24.3 Å². The molecule has 0 radical (unpaired) electrons. The summed E-state index contributed by atoms with van der Waals surface area (Å²) in [5.74, 6) is 0.514. The molecule has 1 unspecified atom stereocenters. The van der Waals surface area contributed by atoms with Gasteiger partial charge in [-0.2, -0.15) is 0 Å². The van der Waals surface area contributed by atoms with Gasteiger partial charge in [0.2, 0.25) is 0 Å². The molecule has 0 bridgehead atoms. The highest BCUT2D eigenvalue weighted by Crippen LogP contribution is 2.35. The second kappa shape index (κ2) is 5.68. The molecule has 1 saturated carbocycles. The highest BCUT2D eigenvalue weighted by molar-refractivity contribution is 5.15. The third-order valence-electron chi connectivity index (χ3n) is 4.25. The molecular weight excluding hydrogens is 208 g/mol. The number of hydrogen-bond donors (Lipinski definition) is 1. The Morgan fingerprint density at radius 1 is 1.12 bits per heavy atom. The summed E-state index contributed by atoms with van der Waals surface area (Å²) in [6.45, 7) is 2.03. The molecule has 1 aliphatic carbocycles. The second-order valence-electron chi connectivity index (χ2n) is 5.68. The summed E-state index contributed by atoms with van der Waals surface area (Å²) in [6, 6.07) is 10.5. The van der Waals surface area contributed by atoms with E-state index in [1.54, 1.807) is 0 Å². The van der Waals surface area contributed by atoms with E-state index in [9.17, 15) is 5.11 Å². The summed E-state index contributed by atoms with van der Waals surface area (Å²) < 4.78 is 0. The van der Waals surface area contributed by atoms with Crippen LogP contribution in [0.5, 0.6) is 0 Å². The Hall–Kier alpha value is -0.820. The summed E-state index contributed by atoms with van der Waals surface area (Å²) in [7, 11) is 0. The number of benzene rings is 1. The number of aryl methyl sites for hydroxylation is 1. The van der Waals surface area contributed by atoms with Crippen molar-refractivity contribution in [3.63, 3.8) is 0 Å². The molecule has 17 heavy (non-hydrogen) atoms. The maximum absolute atomic E-state index is 10.6. The average Bonchev–Trinajstić information content (AvgIpc) is 2.39. The molecule has 0 aliphatic heterocycles. The fourth-order valence-electron chi connectivity index (χ4n) is 2.97. The van der Waals surface area contributed by atoms with E-state index < -0.39 is 5.60 Å². The zero-order valence-electron chi connectivity index (χ0n) is 10.9. The molecule has 1 aromatic carbocycles. The van der Waals surface area contributed by atoms with E-state index in [0.717, 1.165) is 12.8 Å². The van der Waals surface area contributed by atoms with Crippen LogP contribution in [0, 0.1) is 5.92 Å². The molecule has 0 heterocycles. The standard InChI is InChI=1S/C16H24O/c1-16(17,15-10-6-3-7-11-15)13-12-14-8-4-2-5-9-14/h2,4-5,8-9,15,17H,3,6-7,10-13H2,1H3. The second-order valence-corrected chi connectivity index (χ2v) is 5.68. The Morgan fingerprint density at radius 2 is 1.76 bits per heavy atom. The maximum atomic E-state index is 10.6. The molecule has 2 rings (SSSR count). The Bertz CT molecular complexity index is 323. The minimum atomic E-state index is -0.476. The summed E-state index contributed by atoms with van der Waals surface area (Å²) in [5, 5.41) is 10.6. The van der Waals surface area contributed by atoms with E-state index >= 15 is 0 Å². The molecule has 1 heteroatoms. The van der Waals surface area contributed by atoms with Crippen LogP contribution < -0.4 is 0 Å². The van der Waals surface area contributed by atoms with Crippen LogP contribution in [0.1, 0.15) is 51.0 Å². The van der Waals surface area contributed by atoms with Crippen LogP contribution >= 0.6 is 0 Å². The van der Waals surface area contributed by atoms with Crippen LogP contribution in [-0.2, 0) is 6.42 Å². The fourth-order valence-corrected chi connectivity index (χ4v) is 2.97. The van der Waals surface area contributed by atoms with E-state index in [1.165, 1.54) is 37.7 Å². The van der Waals surface area contributed by atoms with Crippen LogP contribution in [0.15, 0.2) is 30.3 Å². The molecular formula is C16H24O. The van der Waals surface area contributed by atoms with Gasteiger partial charge in [-0.1, -0.05) is 49.6 Å². The normalized spacial score (nSPS) is 21.1. The summed E-state index contributed by atoms with van der Waals surface area (Å²) in [5.41, 5.74) is 0.861. The quantitative estimate of drug-likeness (QED) is 0.833. The molecule has 1 nitrogen and oxygen atoms in total. The van der Waals surface area contributed by atoms with Gasteiger partial charge in [0, 0.05) is 0 Å². The van der Waals surface area contributed by atoms with Crippen molar-refractivity contribution in [1.82, 2.24) is 0 Å². The average molecular weight is 232 g/mol. The van der Waals surface area contributed by atoms with Crippen molar-refractivity contribution >= 4 is 0 Å². The first kappa shape index (κ1) is 12.6. The lowest BCUT2D eigenvalue weighted by molar-refractivity contribution is -0.0232.